The first-order valence-corrected chi connectivity index (χ1v) is 3.06. The van der Waals surface area contributed by atoms with Crippen molar-refractivity contribution in [3.05, 3.63) is 40.2 Å². The van der Waals surface area contributed by atoms with Crippen LogP contribution in [0.4, 0.5) is 8.78 Å². The lowest BCUT2D eigenvalue weighted by Gasteiger charge is -1.91. The molecule has 0 atom stereocenters. The molecule has 0 aliphatic rings. The van der Waals surface area contributed by atoms with Gasteiger partial charge in [0.05, 0.1) is 0 Å². The standard InChI is InChI=1S/C8H4F2NO.2ClH/c1-11-8(12)7-5(9)3-2-4-6(7)10;;/h1-4H;2*1H/q+1;;/p-1. The van der Waals surface area contributed by atoms with Crippen molar-refractivity contribution in [2.45, 2.75) is 0 Å². The van der Waals surface area contributed by atoms with Crippen LogP contribution >= 0.6 is 12.4 Å². The third kappa shape index (κ3) is 2.95. The third-order valence-corrected chi connectivity index (χ3v) is 1.29. The smallest absolute Gasteiger partial charge is 0.553 e. The van der Waals surface area contributed by atoms with Crippen molar-refractivity contribution in [2.24, 2.45) is 0 Å². The first kappa shape index (κ1) is 15.3. The number of amides is 1. The van der Waals surface area contributed by atoms with E-state index >= 15 is 0 Å². The van der Waals surface area contributed by atoms with Crippen molar-refractivity contribution in [1.82, 2.24) is 0 Å². The summed E-state index contributed by atoms with van der Waals surface area (Å²) < 4.78 is 25.4. The van der Waals surface area contributed by atoms with Gasteiger partial charge in [-0.3, -0.25) is 0 Å². The van der Waals surface area contributed by atoms with Gasteiger partial charge in [0, 0.05) is 4.85 Å². The van der Waals surface area contributed by atoms with Gasteiger partial charge in [-0.15, -0.1) is 12.4 Å². The molecule has 76 valence electrons. The van der Waals surface area contributed by atoms with Crippen LogP contribution in [0.5, 0.6) is 0 Å². The molecule has 1 amide bonds. The van der Waals surface area contributed by atoms with Crippen molar-refractivity contribution in [2.75, 3.05) is 0 Å². The summed E-state index contributed by atoms with van der Waals surface area (Å²) >= 11 is 0. The lowest BCUT2D eigenvalue weighted by Crippen LogP contribution is -3.00. The summed E-state index contributed by atoms with van der Waals surface area (Å²) in [6.45, 7) is 4.58. The molecule has 6 heteroatoms. The van der Waals surface area contributed by atoms with E-state index in [0.29, 0.717) is 0 Å². The second-order valence-corrected chi connectivity index (χ2v) is 2.03. The van der Waals surface area contributed by atoms with Crippen LogP contribution in [0.25, 0.3) is 4.85 Å². The van der Waals surface area contributed by atoms with Crippen molar-refractivity contribution in [1.29, 1.82) is 0 Å². The van der Waals surface area contributed by atoms with Gasteiger partial charge in [-0.05, 0) is 12.1 Å². The Morgan fingerprint density at radius 1 is 1.29 bits per heavy atom. The van der Waals surface area contributed by atoms with Crippen LogP contribution in [0.3, 0.4) is 0 Å². The number of benzene rings is 1. The molecule has 1 rings (SSSR count). The van der Waals surface area contributed by atoms with E-state index in [0.717, 1.165) is 18.2 Å². The highest BCUT2D eigenvalue weighted by molar-refractivity contribution is 6.02. The highest BCUT2D eigenvalue weighted by Crippen LogP contribution is 2.12. The summed E-state index contributed by atoms with van der Waals surface area (Å²) in [4.78, 5) is 13.3. The minimum absolute atomic E-state index is 0. The van der Waals surface area contributed by atoms with E-state index in [9.17, 15) is 13.6 Å². The number of carbonyl (C=O) groups excluding carboxylic acids is 1. The maximum atomic E-state index is 12.7. The molecule has 2 nitrogen and oxygen atoms in total. The second-order valence-electron chi connectivity index (χ2n) is 2.03. The Bertz CT molecular complexity index is 356. The molecule has 0 N–H and O–H groups in total. The van der Waals surface area contributed by atoms with E-state index in [1.165, 1.54) is 0 Å². The summed E-state index contributed by atoms with van der Waals surface area (Å²) in [6.07, 6.45) is 0. The summed E-state index contributed by atoms with van der Waals surface area (Å²) in [5.74, 6) is -3.03. The molecular weight excluding hydrogens is 235 g/mol. The molecular formula is C8H5Cl2F2NO. The summed E-state index contributed by atoms with van der Waals surface area (Å²) in [6, 6.07) is 3.07. The molecule has 0 radical (unpaired) electrons. The number of halogens is 4. The molecule has 0 bridgehead atoms. The van der Waals surface area contributed by atoms with Gasteiger partial charge in [0.25, 0.3) is 6.57 Å². The van der Waals surface area contributed by atoms with Gasteiger partial charge >= 0.3 is 5.91 Å². The highest BCUT2D eigenvalue weighted by atomic mass is 35.5. The van der Waals surface area contributed by atoms with Gasteiger partial charge in [0.2, 0.25) is 0 Å². The maximum Gasteiger partial charge on any atom is 0.553 e. The van der Waals surface area contributed by atoms with Crippen molar-refractivity contribution in [3.8, 4) is 6.57 Å². The van der Waals surface area contributed by atoms with Crippen molar-refractivity contribution in [3.63, 3.8) is 0 Å². The van der Waals surface area contributed by atoms with E-state index in [4.69, 9.17) is 0 Å². The molecule has 0 aliphatic carbocycles. The van der Waals surface area contributed by atoms with Gasteiger partial charge in [0.15, 0.2) is 5.56 Å². The van der Waals surface area contributed by atoms with E-state index in [-0.39, 0.29) is 24.8 Å². The Morgan fingerprint density at radius 3 is 2.07 bits per heavy atom. The van der Waals surface area contributed by atoms with Crippen molar-refractivity contribution >= 4 is 18.3 Å². The van der Waals surface area contributed by atoms with Crippen LogP contribution in [0.2, 0.25) is 0 Å². The second kappa shape index (κ2) is 6.30. The average molecular weight is 240 g/mol. The molecule has 0 unspecified atom stereocenters. The molecule has 0 heterocycles. The van der Waals surface area contributed by atoms with E-state index in [1.807, 2.05) is 0 Å². The zero-order chi connectivity index (χ0) is 9.14. The van der Waals surface area contributed by atoms with E-state index in [1.54, 1.807) is 0 Å². The average Bonchev–Trinajstić information content (AvgIpc) is 2.03. The molecule has 0 fully saturated rings. The molecule has 1 aromatic rings. The zero-order valence-corrected chi connectivity index (χ0v) is 8.28. The Balaban J connectivity index is 0. The normalized spacial score (nSPS) is 7.79. The number of hydrogen-bond donors (Lipinski definition) is 0. The topological polar surface area (TPSA) is 21.4 Å². The summed E-state index contributed by atoms with van der Waals surface area (Å²) in [7, 11) is 0. The molecule has 0 spiro atoms. The molecule has 0 aliphatic heterocycles. The Morgan fingerprint density at radius 2 is 1.71 bits per heavy atom. The monoisotopic (exact) mass is 239 g/mol. The zero-order valence-electron chi connectivity index (χ0n) is 6.71. The van der Waals surface area contributed by atoms with Gasteiger partial charge < -0.3 is 12.4 Å². The number of nitrogens with zero attached hydrogens (tertiary/aromatic N) is 1. The fourth-order valence-corrected chi connectivity index (χ4v) is 0.767. The van der Waals surface area contributed by atoms with Gasteiger partial charge in [-0.2, -0.15) is 4.79 Å². The molecule has 0 saturated carbocycles. The number of carbonyl (C=O) groups is 1. The fourth-order valence-electron chi connectivity index (χ4n) is 0.767. The predicted octanol–water partition coefficient (Wildman–Crippen LogP) is -0.506. The van der Waals surface area contributed by atoms with E-state index in [2.05, 4.69) is 11.4 Å². The van der Waals surface area contributed by atoms with Crippen LogP contribution in [-0.2, 0) is 0 Å². The van der Waals surface area contributed by atoms with Crippen LogP contribution in [-0.4, -0.2) is 5.91 Å². The molecule has 0 aromatic heterocycles. The fraction of sp³-hybridized carbons (Fsp3) is 0. The minimum atomic E-state index is -1.11. The van der Waals surface area contributed by atoms with Crippen LogP contribution in [0, 0.1) is 18.2 Å². The first-order chi connectivity index (χ1) is 5.66. The Kier molecular flexibility index (Phi) is 6.89. The van der Waals surface area contributed by atoms with Crippen LogP contribution < -0.4 is 12.4 Å². The SMILES string of the molecule is C#[N+]C(=O)c1c(F)cccc1F.Cl.[Cl-]. The summed E-state index contributed by atoms with van der Waals surface area (Å²) in [5.41, 5.74) is -0.722. The highest BCUT2D eigenvalue weighted by Gasteiger charge is 2.24. The van der Waals surface area contributed by atoms with Gasteiger partial charge in [0.1, 0.15) is 11.6 Å². The van der Waals surface area contributed by atoms with Gasteiger partial charge in [-0.25, -0.2) is 8.78 Å². The van der Waals surface area contributed by atoms with Crippen molar-refractivity contribution < 1.29 is 26.0 Å². The number of rotatable bonds is 1. The van der Waals surface area contributed by atoms with E-state index < -0.39 is 23.1 Å². The minimum Gasteiger partial charge on any atom is -1.00 e. The molecule has 1 aromatic carbocycles. The summed E-state index contributed by atoms with van der Waals surface area (Å²) in [5, 5.41) is 0. The lowest BCUT2D eigenvalue weighted by atomic mass is 10.2. The molecule has 14 heavy (non-hydrogen) atoms. The largest absolute Gasteiger partial charge is 1.00 e. The Labute approximate surface area is 91.6 Å². The Hall–Kier alpha value is -1.18. The maximum absolute atomic E-state index is 12.7. The lowest BCUT2D eigenvalue weighted by molar-refractivity contribution is -0.0000118. The molecule has 0 saturated heterocycles. The van der Waals surface area contributed by atoms with Crippen LogP contribution in [0.1, 0.15) is 10.4 Å². The quantitative estimate of drug-likeness (QED) is 0.648. The number of hydrogen-bond acceptors (Lipinski definition) is 1. The third-order valence-electron chi connectivity index (χ3n) is 1.29. The van der Waals surface area contributed by atoms with Gasteiger partial charge in [-0.1, -0.05) is 6.07 Å². The predicted molar refractivity (Wildman–Crippen MR) is 46.2 cm³/mol. The first-order valence-electron chi connectivity index (χ1n) is 3.06. The van der Waals surface area contributed by atoms with Crippen LogP contribution in [0.15, 0.2) is 18.2 Å².